The second-order valence-electron chi connectivity index (χ2n) is 3.73. The van der Waals surface area contributed by atoms with Gasteiger partial charge < -0.3 is 9.88 Å². The van der Waals surface area contributed by atoms with Crippen LogP contribution in [0, 0.1) is 3.57 Å². The number of rotatable bonds is 4. The molecule has 0 unspecified atom stereocenters. The molecule has 94 valence electrons. The fourth-order valence-corrected chi connectivity index (χ4v) is 2.11. The van der Waals surface area contributed by atoms with E-state index in [-0.39, 0.29) is 5.91 Å². The zero-order valence-corrected chi connectivity index (χ0v) is 12.1. The molecule has 1 aromatic carbocycles. The third kappa shape index (κ3) is 3.06. The number of benzene rings is 1. The number of hydrogen-bond acceptors (Lipinski definition) is 3. The van der Waals surface area contributed by atoms with Crippen LogP contribution in [-0.4, -0.2) is 20.7 Å². The van der Waals surface area contributed by atoms with Gasteiger partial charge in [-0.15, -0.1) is 10.2 Å². The van der Waals surface area contributed by atoms with Crippen LogP contribution in [0.25, 0.3) is 0 Å². The van der Waals surface area contributed by atoms with E-state index in [1.807, 2.05) is 29.7 Å². The Hall–Kier alpha value is -1.44. The summed E-state index contributed by atoms with van der Waals surface area (Å²) in [6.45, 7) is 3.19. The van der Waals surface area contributed by atoms with Crippen LogP contribution in [-0.2, 0) is 13.1 Å². The average Bonchev–Trinajstić information content (AvgIpc) is 2.83. The number of hydrogen-bond donors (Lipinski definition) is 1. The fourth-order valence-electron chi connectivity index (χ4n) is 1.57. The molecule has 5 nitrogen and oxygen atoms in total. The van der Waals surface area contributed by atoms with E-state index in [2.05, 4.69) is 38.1 Å². The summed E-state index contributed by atoms with van der Waals surface area (Å²) >= 11 is 2.18. The molecular weight excluding hydrogens is 343 g/mol. The van der Waals surface area contributed by atoms with E-state index in [4.69, 9.17) is 0 Å². The molecule has 0 aliphatic carbocycles. The van der Waals surface area contributed by atoms with Crippen molar-refractivity contribution in [1.29, 1.82) is 0 Å². The molecule has 0 fully saturated rings. The molecule has 0 saturated heterocycles. The molecule has 18 heavy (non-hydrogen) atoms. The smallest absolute Gasteiger partial charge is 0.251 e. The first kappa shape index (κ1) is 13.0. The topological polar surface area (TPSA) is 59.8 Å². The van der Waals surface area contributed by atoms with E-state index in [1.165, 1.54) is 0 Å². The summed E-state index contributed by atoms with van der Waals surface area (Å²) in [4.78, 5) is 11.9. The van der Waals surface area contributed by atoms with Crippen LogP contribution in [0.15, 0.2) is 30.6 Å². The van der Waals surface area contributed by atoms with Gasteiger partial charge in [0.25, 0.3) is 5.91 Å². The van der Waals surface area contributed by atoms with Crippen molar-refractivity contribution in [2.24, 2.45) is 0 Å². The van der Waals surface area contributed by atoms with Crippen molar-refractivity contribution in [3.05, 3.63) is 45.6 Å². The van der Waals surface area contributed by atoms with Gasteiger partial charge in [-0.05, 0) is 47.7 Å². The maximum Gasteiger partial charge on any atom is 0.251 e. The molecule has 2 aromatic rings. The minimum Gasteiger partial charge on any atom is -0.345 e. The number of amides is 1. The zero-order valence-electron chi connectivity index (χ0n) is 9.93. The summed E-state index contributed by atoms with van der Waals surface area (Å²) in [5.41, 5.74) is 0.657. The maximum atomic E-state index is 11.9. The van der Waals surface area contributed by atoms with E-state index < -0.39 is 0 Å². The Kier molecular flexibility index (Phi) is 4.29. The molecule has 0 aliphatic heterocycles. The van der Waals surface area contributed by atoms with Gasteiger partial charge in [0.1, 0.15) is 6.33 Å². The van der Waals surface area contributed by atoms with Gasteiger partial charge in [-0.25, -0.2) is 0 Å². The predicted molar refractivity (Wildman–Crippen MR) is 76.0 cm³/mol. The molecule has 0 saturated carbocycles. The van der Waals surface area contributed by atoms with E-state index in [0.717, 1.165) is 15.9 Å². The summed E-state index contributed by atoms with van der Waals surface area (Å²) in [5.74, 6) is 0.663. The molecule has 0 bridgehead atoms. The lowest BCUT2D eigenvalue weighted by atomic mass is 10.2. The highest BCUT2D eigenvalue weighted by Gasteiger charge is 2.08. The van der Waals surface area contributed by atoms with Crippen molar-refractivity contribution in [1.82, 2.24) is 20.1 Å². The Balaban J connectivity index is 2.00. The highest BCUT2D eigenvalue weighted by atomic mass is 127. The Morgan fingerprint density at radius 1 is 1.50 bits per heavy atom. The van der Waals surface area contributed by atoms with Crippen molar-refractivity contribution in [3.8, 4) is 0 Å². The Morgan fingerprint density at radius 3 is 3.06 bits per heavy atom. The van der Waals surface area contributed by atoms with Crippen molar-refractivity contribution in [3.63, 3.8) is 0 Å². The summed E-state index contributed by atoms with van der Waals surface area (Å²) in [6, 6.07) is 7.46. The normalized spacial score (nSPS) is 10.3. The second-order valence-corrected chi connectivity index (χ2v) is 4.97. The van der Waals surface area contributed by atoms with Crippen molar-refractivity contribution in [2.75, 3.05) is 0 Å². The van der Waals surface area contributed by atoms with Crippen LogP contribution in [0.2, 0.25) is 0 Å². The quantitative estimate of drug-likeness (QED) is 0.851. The lowest BCUT2D eigenvalue weighted by molar-refractivity contribution is 0.0949. The Labute approximate surface area is 119 Å². The lowest BCUT2D eigenvalue weighted by Gasteiger charge is -2.06. The molecule has 1 N–H and O–H groups in total. The van der Waals surface area contributed by atoms with Gasteiger partial charge in [-0.2, -0.15) is 0 Å². The van der Waals surface area contributed by atoms with Crippen LogP contribution >= 0.6 is 22.6 Å². The van der Waals surface area contributed by atoms with Crippen molar-refractivity contribution < 1.29 is 4.79 Å². The van der Waals surface area contributed by atoms with E-state index in [9.17, 15) is 4.79 Å². The summed E-state index contributed by atoms with van der Waals surface area (Å²) in [5, 5.41) is 10.6. The van der Waals surface area contributed by atoms with Gasteiger partial charge in [0.15, 0.2) is 5.82 Å². The molecule has 2 rings (SSSR count). The van der Waals surface area contributed by atoms with Gasteiger partial charge in [-0.3, -0.25) is 4.79 Å². The molecule has 0 spiro atoms. The minimum absolute atomic E-state index is 0.0980. The van der Waals surface area contributed by atoms with E-state index in [1.54, 1.807) is 12.4 Å². The third-order valence-electron chi connectivity index (χ3n) is 2.53. The highest BCUT2D eigenvalue weighted by molar-refractivity contribution is 14.1. The largest absolute Gasteiger partial charge is 0.345 e. The number of aryl methyl sites for hydroxylation is 1. The monoisotopic (exact) mass is 356 g/mol. The molecule has 6 heteroatoms. The number of carbonyl (C=O) groups is 1. The van der Waals surface area contributed by atoms with Gasteiger partial charge >= 0.3 is 0 Å². The molecule has 1 heterocycles. The molecule has 0 radical (unpaired) electrons. The van der Waals surface area contributed by atoms with Crippen LogP contribution < -0.4 is 5.32 Å². The molecule has 0 atom stereocenters. The summed E-state index contributed by atoms with van der Waals surface area (Å²) in [7, 11) is 0. The number of carbonyl (C=O) groups excluding carboxylic acids is 1. The van der Waals surface area contributed by atoms with Crippen LogP contribution in [0.1, 0.15) is 23.1 Å². The SMILES string of the molecule is CCn1cnnc1CNC(=O)c1cccc(I)c1. The highest BCUT2D eigenvalue weighted by Crippen LogP contribution is 2.07. The Bertz CT molecular complexity index is 553. The van der Waals surface area contributed by atoms with Crippen molar-refractivity contribution in [2.45, 2.75) is 20.0 Å². The van der Waals surface area contributed by atoms with Crippen LogP contribution in [0.4, 0.5) is 0 Å². The van der Waals surface area contributed by atoms with E-state index in [0.29, 0.717) is 12.1 Å². The number of nitrogens with one attached hydrogen (secondary N) is 1. The van der Waals surface area contributed by atoms with E-state index >= 15 is 0 Å². The standard InChI is InChI=1S/C12H13IN4O/c1-2-17-8-15-16-11(17)7-14-12(18)9-4-3-5-10(13)6-9/h3-6,8H,2,7H2,1H3,(H,14,18). The average molecular weight is 356 g/mol. The van der Waals surface area contributed by atoms with Gasteiger partial charge in [0.05, 0.1) is 6.54 Å². The zero-order chi connectivity index (χ0) is 13.0. The predicted octanol–water partition coefficient (Wildman–Crippen LogP) is 1.83. The molecular formula is C12H13IN4O. The van der Waals surface area contributed by atoms with Gasteiger partial charge in [0, 0.05) is 15.7 Å². The number of aromatic nitrogens is 3. The third-order valence-corrected chi connectivity index (χ3v) is 3.20. The fraction of sp³-hybridized carbons (Fsp3) is 0.250. The first-order valence-corrected chi connectivity index (χ1v) is 6.69. The van der Waals surface area contributed by atoms with Gasteiger partial charge in [0.2, 0.25) is 0 Å². The Morgan fingerprint density at radius 2 is 2.33 bits per heavy atom. The van der Waals surface area contributed by atoms with Crippen molar-refractivity contribution >= 4 is 28.5 Å². The number of nitrogens with zero attached hydrogens (tertiary/aromatic N) is 3. The summed E-state index contributed by atoms with van der Waals surface area (Å²) < 4.78 is 2.94. The first-order chi connectivity index (χ1) is 8.70. The summed E-state index contributed by atoms with van der Waals surface area (Å²) in [6.07, 6.45) is 1.66. The first-order valence-electron chi connectivity index (χ1n) is 5.61. The molecule has 0 aliphatic rings. The van der Waals surface area contributed by atoms with Crippen LogP contribution in [0.5, 0.6) is 0 Å². The minimum atomic E-state index is -0.0980. The lowest BCUT2D eigenvalue weighted by Crippen LogP contribution is -2.24. The number of halogens is 1. The molecule has 1 aromatic heterocycles. The van der Waals surface area contributed by atoms with Crippen LogP contribution in [0.3, 0.4) is 0 Å². The second kappa shape index (κ2) is 5.94. The van der Waals surface area contributed by atoms with Gasteiger partial charge in [-0.1, -0.05) is 6.07 Å². The molecule has 1 amide bonds. The maximum absolute atomic E-state index is 11.9.